The first kappa shape index (κ1) is 12.1. The maximum absolute atomic E-state index is 13.6. The van der Waals surface area contributed by atoms with Crippen molar-refractivity contribution in [2.45, 2.75) is 0 Å². The van der Waals surface area contributed by atoms with Gasteiger partial charge in [-0.2, -0.15) is 13.8 Å². The molecule has 0 aliphatic rings. The monoisotopic (exact) mass is 263 g/mol. The van der Waals surface area contributed by atoms with Gasteiger partial charge in [0.1, 0.15) is 5.56 Å². The van der Waals surface area contributed by atoms with E-state index in [1.807, 2.05) is 0 Å². The fourth-order valence-corrected chi connectivity index (χ4v) is 1.31. The molecule has 0 aliphatic carbocycles. The molecular formula is C9H5F4N3O2. The Morgan fingerprint density at radius 1 is 1.06 bits per heavy atom. The van der Waals surface area contributed by atoms with Gasteiger partial charge in [0.15, 0.2) is 17.4 Å². The van der Waals surface area contributed by atoms with Gasteiger partial charge in [-0.1, -0.05) is 0 Å². The van der Waals surface area contributed by atoms with Crippen LogP contribution in [0.3, 0.4) is 0 Å². The highest BCUT2D eigenvalue weighted by atomic mass is 19.2. The highest BCUT2D eigenvalue weighted by molar-refractivity contribution is 5.58. The Labute approximate surface area is 97.2 Å². The molecule has 0 bridgehead atoms. The first-order valence-electron chi connectivity index (χ1n) is 4.46. The zero-order chi connectivity index (χ0) is 13.4. The van der Waals surface area contributed by atoms with Crippen LogP contribution in [0.1, 0.15) is 0 Å². The van der Waals surface area contributed by atoms with E-state index in [4.69, 9.17) is 5.73 Å². The zero-order valence-corrected chi connectivity index (χ0v) is 8.80. The molecule has 1 aromatic carbocycles. The van der Waals surface area contributed by atoms with E-state index in [2.05, 4.69) is 19.4 Å². The molecule has 0 atom stereocenters. The van der Waals surface area contributed by atoms with Gasteiger partial charge in [0.25, 0.3) is 11.8 Å². The van der Waals surface area contributed by atoms with Gasteiger partial charge in [0, 0.05) is 0 Å². The molecule has 2 aromatic rings. The van der Waals surface area contributed by atoms with Crippen molar-refractivity contribution < 1.29 is 26.8 Å². The minimum absolute atomic E-state index is 0.430. The van der Waals surface area contributed by atoms with Gasteiger partial charge in [-0.15, -0.1) is 0 Å². The summed E-state index contributed by atoms with van der Waals surface area (Å²) in [6.45, 7) is 0. The zero-order valence-electron chi connectivity index (χ0n) is 8.80. The van der Waals surface area contributed by atoms with Gasteiger partial charge in [-0.05, 0) is 5.16 Å². The molecule has 0 radical (unpaired) electrons. The quantitative estimate of drug-likeness (QED) is 0.661. The number of aromatic nitrogens is 2. The molecule has 0 amide bonds. The first-order valence-corrected chi connectivity index (χ1v) is 4.46. The molecular weight excluding hydrogens is 258 g/mol. The van der Waals surface area contributed by atoms with Crippen LogP contribution < -0.4 is 10.5 Å². The number of rotatable bonds is 2. The number of anilines is 1. The van der Waals surface area contributed by atoms with E-state index >= 15 is 0 Å². The van der Waals surface area contributed by atoms with E-state index in [1.54, 1.807) is 0 Å². The van der Waals surface area contributed by atoms with Crippen molar-refractivity contribution in [2.24, 2.45) is 0 Å². The highest BCUT2D eigenvalue weighted by Crippen LogP contribution is 2.34. The third-order valence-electron chi connectivity index (χ3n) is 2.08. The van der Waals surface area contributed by atoms with Gasteiger partial charge >= 0.3 is 0 Å². The van der Waals surface area contributed by atoms with Crippen LogP contribution >= 0.6 is 0 Å². The van der Waals surface area contributed by atoms with Crippen molar-refractivity contribution in [3.05, 3.63) is 23.3 Å². The van der Waals surface area contributed by atoms with Gasteiger partial charge in [-0.25, -0.2) is 8.78 Å². The molecule has 18 heavy (non-hydrogen) atoms. The van der Waals surface area contributed by atoms with E-state index in [1.165, 1.54) is 0 Å². The number of benzene rings is 1. The van der Waals surface area contributed by atoms with Crippen molar-refractivity contribution in [1.29, 1.82) is 0 Å². The molecule has 2 rings (SSSR count). The van der Waals surface area contributed by atoms with Crippen molar-refractivity contribution in [1.82, 2.24) is 10.1 Å². The van der Waals surface area contributed by atoms with Crippen LogP contribution in [0, 0.1) is 23.3 Å². The molecule has 5 nitrogen and oxygen atoms in total. The summed E-state index contributed by atoms with van der Waals surface area (Å²) in [4.78, 5) is 3.29. The standard InChI is InChI=1S/C9H5F4N3O2/c1-17-7-5(12)3(10)2(4(11)6(7)13)8-15-9(14)16-18-8/h1H3,(H2,14,16). The minimum Gasteiger partial charge on any atom is -0.491 e. The molecule has 0 fully saturated rings. The number of halogens is 4. The number of ether oxygens (including phenoxy) is 1. The highest BCUT2D eigenvalue weighted by Gasteiger charge is 2.29. The largest absolute Gasteiger partial charge is 0.491 e. The summed E-state index contributed by atoms with van der Waals surface area (Å²) in [6.07, 6.45) is 0. The van der Waals surface area contributed by atoms with Crippen LogP contribution in [0.15, 0.2) is 4.52 Å². The summed E-state index contributed by atoms with van der Waals surface area (Å²) < 4.78 is 62.4. The Balaban J connectivity index is 2.76. The second kappa shape index (κ2) is 4.17. The molecule has 1 aromatic heterocycles. The third kappa shape index (κ3) is 1.63. The number of methoxy groups -OCH3 is 1. The van der Waals surface area contributed by atoms with Crippen LogP contribution in [0.5, 0.6) is 5.75 Å². The van der Waals surface area contributed by atoms with E-state index in [9.17, 15) is 17.6 Å². The van der Waals surface area contributed by atoms with Crippen molar-refractivity contribution in [3.63, 3.8) is 0 Å². The van der Waals surface area contributed by atoms with Gasteiger partial charge in [0.2, 0.25) is 11.6 Å². The third-order valence-corrected chi connectivity index (χ3v) is 2.08. The lowest BCUT2D eigenvalue weighted by atomic mass is 10.1. The Morgan fingerprint density at radius 2 is 1.61 bits per heavy atom. The van der Waals surface area contributed by atoms with Crippen molar-refractivity contribution in [3.8, 4) is 17.2 Å². The van der Waals surface area contributed by atoms with Crippen LogP contribution in [0.4, 0.5) is 23.5 Å². The van der Waals surface area contributed by atoms with Crippen molar-refractivity contribution >= 4 is 5.95 Å². The van der Waals surface area contributed by atoms with Crippen LogP contribution in [0.25, 0.3) is 11.5 Å². The lowest BCUT2D eigenvalue weighted by molar-refractivity contribution is 0.331. The molecule has 0 aliphatic heterocycles. The van der Waals surface area contributed by atoms with Crippen LogP contribution in [-0.4, -0.2) is 17.3 Å². The Bertz CT molecular complexity index is 585. The molecule has 2 N–H and O–H groups in total. The number of nitrogen functional groups attached to an aromatic ring is 1. The van der Waals surface area contributed by atoms with Crippen LogP contribution in [0.2, 0.25) is 0 Å². The Kier molecular flexibility index (Phi) is 2.81. The fraction of sp³-hybridized carbons (Fsp3) is 0.111. The average Bonchev–Trinajstić information content (AvgIpc) is 2.74. The molecule has 0 saturated carbocycles. The summed E-state index contributed by atoms with van der Waals surface area (Å²) in [5, 5.41) is 3.06. The molecule has 0 saturated heterocycles. The predicted octanol–water partition coefficient (Wildman–Crippen LogP) is 1.88. The van der Waals surface area contributed by atoms with E-state index in [-0.39, 0.29) is 0 Å². The molecule has 9 heteroatoms. The SMILES string of the molecule is COc1c(F)c(F)c(-c2nc(N)no2)c(F)c1F. The number of hydrogen-bond donors (Lipinski definition) is 1. The lowest BCUT2D eigenvalue weighted by Crippen LogP contribution is -2.04. The fourth-order valence-electron chi connectivity index (χ4n) is 1.31. The summed E-state index contributed by atoms with van der Waals surface area (Å²) in [5.74, 6) is -9.22. The second-order valence-electron chi connectivity index (χ2n) is 3.12. The summed E-state index contributed by atoms with van der Waals surface area (Å²) >= 11 is 0. The lowest BCUT2D eigenvalue weighted by Gasteiger charge is -2.08. The number of hydrogen-bond acceptors (Lipinski definition) is 5. The van der Waals surface area contributed by atoms with Crippen LogP contribution in [-0.2, 0) is 0 Å². The Hall–Kier alpha value is -2.32. The average molecular weight is 263 g/mol. The Morgan fingerprint density at radius 3 is 2.00 bits per heavy atom. The van der Waals surface area contributed by atoms with Gasteiger partial charge in [0.05, 0.1) is 7.11 Å². The van der Waals surface area contributed by atoms with Gasteiger partial charge < -0.3 is 15.0 Å². The summed E-state index contributed by atoms with van der Waals surface area (Å²) in [6, 6.07) is 0. The maximum atomic E-state index is 13.6. The molecule has 0 unspecified atom stereocenters. The van der Waals surface area contributed by atoms with E-state index in [0.29, 0.717) is 0 Å². The van der Waals surface area contributed by atoms with E-state index in [0.717, 1.165) is 7.11 Å². The minimum atomic E-state index is -1.71. The second-order valence-corrected chi connectivity index (χ2v) is 3.12. The number of nitrogens with zero attached hydrogens (tertiary/aromatic N) is 2. The summed E-state index contributed by atoms with van der Waals surface area (Å²) in [7, 11) is 0.866. The maximum Gasteiger partial charge on any atom is 0.265 e. The molecule has 96 valence electrons. The number of nitrogens with two attached hydrogens (primary N) is 1. The summed E-state index contributed by atoms with van der Waals surface area (Å²) in [5.41, 5.74) is 3.93. The van der Waals surface area contributed by atoms with E-state index < -0.39 is 46.4 Å². The molecule has 1 heterocycles. The van der Waals surface area contributed by atoms with Crippen molar-refractivity contribution in [2.75, 3.05) is 12.8 Å². The smallest absolute Gasteiger partial charge is 0.265 e. The van der Waals surface area contributed by atoms with Gasteiger partial charge in [-0.3, -0.25) is 0 Å². The molecule has 0 spiro atoms. The first-order chi connectivity index (χ1) is 8.47. The normalized spacial score (nSPS) is 10.7. The topological polar surface area (TPSA) is 74.2 Å². The predicted molar refractivity (Wildman–Crippen MR) is 50.5 cm³/mol.